The van der Waals surface area contributed by atoms with Gasteiger partial charge in [0.1, 0.15) is 0 Å². The minimum absolute atomic E-state index is 0.0276. The van der Waals surface area contributed by atoms with Crippen LogP contribution in [0.25, 0.3) is 20.2 Å². The minimum atomic E-state index is -0.448. The number of nitrogens with zero attached hydrogens (tertiary/aromatic N) is 3. The van der Waals surface area contributed by atoms with Gasteiger partial charge >= 0.3 is 0 Å². The van der Waals surface area contributed by atoms with E-state index >= 15 is 0 Å². The molecule has 0 atom stereocenters. The molecular formula is C74H80Cl3N3S2. The third-order valence-electron chi connectivity index (χ3n) is 15.1. The molecule has 0 saturated heterocycles. The number of hydrogen-bond acceptors (Lipinski definition) is 5. The first-order chi connectivity index (χ1) is 40.4. The molecule has 0 unspecified atom stereocenters. The standard InChI is InChI=1S/C45H49ClN2S.C29H31Cl2NS/c1-30-26-38(47(34-14-12-11-13-15-34)35-21-16-31(17-22-35)43(2,3)4)42(46)39(27-30)48(36-23-18-32(19-24-36)44(5,6)7)40-29-49-41-25-20-33(28-37(40)41)45(8,9)10;1-18-14-23(30)27(31)24(15-18)32(21-11-8-19(9-12-21)28(2,3)4)25-17-33-26-13-10-20(16-22(25)26)29(5,6)7/h11-29H,1-10H3;8-17H,1-7H3/i11D,12D,13D,14D,15D;. The molecule has 0 amide bonds. The van der Waals surface area contributed by atoms with E-state index in [-0.39, 0.29) is 44.8 Å². The topological polar surface area (TPSA) is 9.72 Å². The van der Waals surface area contributed by atoms with Crippen LogP contribution < -0.4 is 14.7 Å². The molecular weight excluding hydrogens is 1100 g/mol. The molecule has 0 spiro atoms. The normalized spacial score (nSPS) is 13.2. The predicted molar refractivity (Wildman–Crippen MR) is 366 cm³/mol. The number of para-hydroxylation sites is 1. The molecule has 424 valence electrons. The monoisotopic (exact) mass is 1180 g/mol. The van der Waals surface area contributed by atoms with Crippen molar-refractivity contribution in [2.75, 3.05) is 14.7 Å². The summed E-state index contributed by atoms with van der Waals surface area (Å²) in [6.45, 7) is 37.2. The maximum Gasteiger partial charge on any atom is 0.0887 e. The van der Waals surface area contributed by atoms with Gasteiger partial charge in [0.25, 0.3) is 0 Å². The van der Waals surface area contributed by atoms with E-state index < -0.39 is 18.1 Å². The number of thiophene rings is 2. The Morgan fingerprint density at radius 3 is 1.02 bits per heavy atom. The molecule has 82 heavy (non-hydrogen) atoms. The number of benzene rings is 8. The highest BCUT2D eigenvalue weighted by molar-refractivity contribution is 7.18. The molecule has 0 aliphatic heterocycles. The molecule has 8 heteroatoms. The number of halogens is 3. The largest absolute Gasteiger partial charge is 0.309 e. The summed E-state index contributed by atoms with van der Waals surface area (Å²) in [6, 6.07) is 44.9. The molecule has 0 radical (unpaired) electrons. The van der Waals surface area contributed by atoms with Crippen LogP contribution in [0.15, 0.2) is 174 Å². The summed E-state index contributed by atoms with van der Waals surface area (Å²) >= 11 is 24.5. The Hall–Kier alpha value is -6.05. The first-order valence-corrected chi connectivity index (χ1v) is 30.9. The maximum atomic E-state index is 9.08. The van der Waals surface area contributed by atoms with Crippen LogP contribution in [-0.2, 0) is 27.1 Å². The second-order valence-corrected chi connectivity index (χ2v) is 29.7. The van der Waals surface area contributed by atoms with Crippen LogP contribution in [-0.4, -0.2) is 0 Å². The Morgan fingerprint density at radius 1 is 0.341 bits per heavy atom. The van der Waals surface area contributed by atoms with Crippen molar-refractivity contribution in [3.8, 4) is 0 Å². The van der Waals surface area contributed by atoms with Crippen molar-refractivity contribution in [3.05, 3.63) is 228 Å². The van der Waals surface area contributed by atoms with Crippen molar-refractivity contribution in [1.29, 1.82) is 0 Å². The van der Waals surface area contributed by atoms with E-state index in [2.05, 4.69) is 228 Å². The Bertz CT molecular complexity index is 4160. The van der Waals surface area contributed by atoms with Gasteiger partial charge in [-0.1, -0.05) is 205 Å². The highest BCUT2D eigenvalue weighted by Gasteiger charge is 2.28. The van der Waals surface area contributed by atoms with Crippen molar-refractivity contribution in [2.45, 2.75) is 145 Å². The van der Waals surface area contributed by atoms with Gasteiger partial charge in [0.15, 0.2) is 0 Å². The van der Waals surface area contributed by atoms with Gasteiger partial charge < -0.3 is 14.7 Å². The van der Waals surface area contributed by atoms with Crippen LogP contribution in [0, 0.1) is 13.8 Å². The van der Waals surface area contributed by atoms with E-state index in [1.165, 1.54) is 32.3 Å². The summed E-state index contributed by atoms with van der Waals surface area (Å²) in [7, 11) is 0. The molecule has 2 heterocycles. The quantitative estimate of drug-likeness (QED) is 0.143. The number of aryl methyl sites for hydroxylation is 2. The lowest BCUT2D eigenvalue weighted by molar-refractivity contribution is 0.590. The van der Waals surface area contributed by atoms with Gasteiger partial charge in [0.2, 0.25) is 0 Å². The average Bonchev–Trinajstić information content (AvgIpc) is 1.77. The lowest BCUT2D eigenvalue weighted by Gasteiger charge is -2.32. The van der Waals surface area contributed by atoms with E-state index in [9.17, 15) is 0 Å². The Kier molecular flexibility index (Phi) is 15.2. The summed E-state index contributed by atoms with van der Waals surface area (Å²) in [5.41, 5.74) is 14.9. The second kappa shape index (κ2) is 23.2. The van der Waals surface area contributed by atoms with Crippen LogP contribution in [0.5, 0.6) is 0 Å². The summed E-state index contributed by atoms with van der Waals surface area (Å²) < 4.78 is 46.1. The Morgan fingerprint density at radius 2 is 0.659 bits per heavy atom. The molecule has 0 bridgehead atoms. The van der Waals surface area contributed by atoms with Crippen LogP contribution in [0.2, 0.25) is 15.1 Å². The van der Waals surface area contributed by atoms with Gasteiger partial charge in [0.05, 0.1) is 50.4 Å². The Balaban J connectivity index is 0.000000233. The van der Waals surface area contributed by atoms with E-state index in [0.717, 1.165) is 55.2 Å². The van der Waals surface area contributed by atoms with Gasteiger partial charge in [-0.2, -0.15) is 0 Å². The van der Waals surface area contributed by atoms with Crippen LogP contribution in [0.1, 0.15) is 150 Å². The molecule has 0 aliphatic carbocycles. The molecule has 0 N–H and O–H groups in total. The van der Waals surface area contributed by atoms with Gasteiger partial charge in [-0.05, 0) is 177 Å². The Labute approximate surface area is 520 Å². The van der Waals surface area contributed by atoms with E-state index in [0.29, 0.717) is 32.1 Å². The zero-order valence-corrected chi connectivity index (χ0v) is 54.5. The zero-order valence-electron chi connectivity index (χ0n) is 55.6. The number of hydrogen-bond donors (Lipinski definition) is 0. The molecule has 8 aromatic carbocycles. The summed E-state index contributed by atoms with van der Waals surface area (Å²) in [4.78, 5) is 6.16. The zero-order chi connectivity index (χ0) is 63.8. The van der Waals surface area contributed by atoms with Crippen molar-refractivity contribution in [3.63, 3.8) is 0 Å². The average molecular weight is 1190 g/mol. The van der Waals surface area contributed by atoms with E-state index in [1.54, 1.807) is 27.6 Å². The number of rotatable bonds is 9. The number of anilines is 9. The molecule has 10 aromatic rings. The highest BCUT2D eigenvalue weighted by Crippen LogP contribution is 2.52. The van der Waals surface area contributed by atoms with Crippen LogP contribution >= 0.6 is 57.5 Å². The SMILES string of the molecule is Cc1cc(Cl)c(Cl)c(N(c2ccc(C(C)(C)C)cc2)c2csc3ccc(C(C)(C)C)cc23)c1.[2H]c1c([2H])c([2H])c(N(c2ccc(C(C)(C)C)cc2)c2cc(C)cc(N(c3ccc(C(C)(C)C)cc3)c3csc4ccc(C(C)(C)C)cc34)c2Cl)c([2H])c1[2H]. The molecule has 0 fully saturated rings. The minimum Gasteiger partial charge on any atom is -0.309 e. The molecule has 0 aliphatic rings. The summed E-state index contributed by atoms with van der Waals surface area (Å²) in [6.07, 6.45) is 0. The van der Waals surface area contributed by atoms with Gasteiger partial charge in [-0.25, -0.2) is 0 Å². The van der Waals surface area contributed by atoms with E-state index in [1.807, 2.05) is 43.3 Å². The maximum absolute atomic E-state index is 9.08. The highest BCUT2D eigenvalue weighted by atomic mass is 35.5. The fourth-order valence-corrected chi connectivity index (χ4v) is 12.7. The lowest BCUT2D eigenvalue weighted by Crippen LogP contribution is -2.16. The summed E-state index contributed by atoms with van der Waals surface area (Å²) in [5, 5.41) is 8.23. The van der Waals surface area contributed by atoms with E-state index in [4.69, 9.17) is 41.7 Å². The van der Waals surface area contributed by atoms with Gasteiger partial charge in [-0.3, -0.25) is 0 Å². The first-order valence-electron chi connectivity index (χ1n) is 30.5. The lowest BCUT2D eigenvalue weighted by atomic mass is 9.86. The van der Waals surface area contributed by atoms with Crippen molar-refractivity contribution < 1.29 is 6.85 Å². The van der Waals surface area contributed by atoms with Crippen molar-refractivity contribution in [1.82, 2.24) is 0 Å². The van der Waals surface area contributed by atoms with Crippen LogP contribution in [0.4, 0.5) is 51.2 Å². The summed E-state index contributed by atoms with van der Waals surface area (Å²) in [5.74, 6) is 0. The molecule has 10 rings (SSSR count). The first kappa shape index (κ1) is 53.9. The fourth-order valence-electron chi connectivity index (χ4n) is 10.1. The molecule has 3 nitrogen and oxygen atoms in total. The van der Waals surface area contributed by atoms with Crippen molar-refractivity contribution >= 4 is 129 Å². The van der Waals surface area contributed by atoms with Crippen LogP contribution in [0.3, 0.4) is 0 Å². The fraction of sp³-hybridized carbons (Fsp3) is 0.297. The van der Waals surface area contributed by atoms with Gasteiger partial charge in [0, 0.05) is 53.7 Å². The van der Waals surface area contributed by atoms with Gasteiger partial charge in [-0.15, -0.1) is 22.7 Å². The molecule has 2 aromatic heterocycles. The third-order valence-corrected chi connectivity index (χ3v) is 18.1. The molecule has 0 saturated carbocycles. The third kappa shape index (κ3) is 13.0. The number of fused-ring (bicyclic) bond motifs is 2. The smallest absolute Gasteiger partial charge is 0.0887 e. The van der Waals surface area contributed by atoms with Crippen molar-refractivity contribution in [2.24, 2.45) is 0 Å². The predicted octanol–water partition coefficient (Wildman–Crippen LogP) is 25.3. The second-order valence-electron chi connectivity index (χ2n) is 26.7.